The van der Waals surface area contributed by atoms with E-state index < -0.39 is 0 Å². The fraction of sp³-hybridized carbons (Fsp3) is 0.105. The molecule has 0 N–H and O–H groups in total. The van der Waals surface area contributed by atoms with Crippen LogP contribution in [0.25, 0.3) is 16.9 Å². The zero-order valence-electron chi connectivity index (χ0n) is 13.9. The van der Waals surface area contributed by atoms with Gasteiger partial charge in [-0.25, -0.2) is 14.4 Å². The zero-order valence-corrected chi connectivity index (χ0v) is 14.6. The number of benzene rings is 2. The van der Waals surface area contributed by atoms with E-state index in [2.05, 4.69) is 9.97 Å². The molecule has 0 saturated carbocycles. The standard InChI is InChI=1S/C19H14ClFN4O/c1-24-11-22-17-18(24)23-16(10-12-4-2-3-5-15(12)21)25(19(17)26)14-8-6-13(20)7-9-14/h2-9,11H,10H2,1H3. The summed E-state index contributed by atoms with van der Waals surface area (Å²) >= 11 is 5.96. The van der Waals surface area contributed by atoms with Crippen LogP contribution in [0.5, 0.6) is 0 Å². The van der Waals surface area contributed by atoms with Crippen LogP contribution in [0.4, 0.5) is 4.39 Å². The molecule has 0 bridgehead atoms. The Balaban J connectivity index is 1.98. The largest absolute Gasteiger partial charge is 0.318 e. The number of aryl methyl sites for hydroxylation is 1. The number of rotatable bonds is 3. The summed E-state index contributed by atoms with van der Waals surface area (Å²) in [6.07, 6.45) is 1.71. The van der Waals surface area contributed by atoms with Crippen LogP contribution in [0, 0.1) is 5.82 Å². The van der Waals surface area contributed by atoms with Gasteiger partial charge in [0.1, 0.15) is 11.6 Å². The van der Waals surface area contributed by atoms with Crippen molar-refractivity contribution in [2.24, 2.45) is 7.05 Å². The average Bonchev–Trinajstić information content (AvgIpc) is 3.00. The van der Waals surface area contributed by atoms with E-state index in [-0.39, 0.29) is 23.3 Å². The Kier molecular flexibility index (Phi) is 4.05. The van der Waals surface area contributed by atoms with Gasteiger partial charge in [0.05, 0.1) is 12.0 Å². The molecule has 0 radical (unpaired) electrons. The Morgan fingerprint density at radius 3 is 2.58 bits per heavy atom. The van der Waals surface area contributed by atoms with Crippen molar-refractivity contribution in [2.45, 2.75) is 6.42 Å². The van der Waals surface area contributed by atoms with Crippen LogP contribution in [0.1, 0.15) is 11.4 Å². The first-order chi connectivity index (χ1) is 12.5. The van der Waals surface area contributed by atoms with Gasteiger partial charge in [-0.05, 0) is 35.9 Å². The topological polar surface area (TPSA) is 52.7 Å². The number of imidazole rings is 1. The summed E-state index contributed by atoms with van der Waals surface area (Å²) in [6, 6.07) is 13.3. The molecule has 130 valence electrons. The van der Waals surface area contributed by atoms with Gasteiger partial charge in [-0.2, -0.15) is 0 Å². The van der Waals surface area contributed by atoms with Crippen molar-refractivity contribution in [1.82, 2.24) is 19.1 Å². The molecule has 0 saturated heterocycles. The Bertz CT molecular complexity index is 1160. The van der Waals surface area contributed by atoms with Crippen molar-refractivity contribution in [3.05, 3.63) is 87.4 Å². The molecule has 2 aromatic carbocycles. The predicted molar refractivity (Wildman–Crippen MR) is 98.3 cm³/mol. The Hall–Kier alpha value is -2.99. The third-order valence-electron chi connectivity index (χ3n) is 4.20. The van der Waals surface area contributed by atoms with Crippen molar-refractivity contribution < 1.29 is 4.39 Å². The lowest BCUT2D eigenvalue weighted by Crippen LogP contribution is -2.24. The molecule has 2 aromatic heterocycles. The number of hydrogen-bond acceptors (Lipinski definition) is 3. The van der Waals surface area contributed by atoms with Gasteiger partial charge in [0.25, 0.3) is 5.56 Å². The molecule has 0 aliphatic heterocycles. The van der Waals surface area contributed by atoms with E-state index in [0.29, 0.717) is 27.7 Å². The molecule has 4 aromatic rings. The highest BCUT2D eigenvalue weighted by Gasteiger charge is 2.17. The summed E-state index contributed by atoms with van der Waals surface area (Å²) in [5, 5.41) is 0.560. The first-order valence-electron chi connectivity index (χ1n) is 7.97. The quantitative estimate of drug-likeness (QED) is 0.556. The minimum atomic E-state index is -0.338. The van der Waals surface area contributed by atoms with Gasteiger partial charge in [-0.15, -0.1) is 0 Å². The van der Waals surface area contributed by atoms with Gasteiger partial charge < -0.3 is 4.57 Å². The van der Waals surface area contributed by atoms with Crippen LogP contribution in [-0.4, -0.2) is 19.1 Å². The molecule has 0 spiro atoms. The molecule has 0 unspecified atom stereocenters. The number of fused-ring (bicyclic) bond motifs is 1. The molecule has 0 aliphatic carbocycles. The monoisotopic (exact) mass is 368 g/mol. The van der Waals surface area contributed by atoms with Gasteiger partial charge in [-0.3, -0.25) is 9.36 Å². The Morgan fingerprint density at radius 2 is 1.85 bits per heavy atom. The van der Waals surface area contributed by atoms with Crippen LogP contribution < -0.4 is 5.56 Å². The Morgan fingerprint density at radius 1 is 1.12 bits per heavy atom. The summed E-state index contributed by atoms with van der Waals surface area (Å²) in [5.41, 5.74) is 1.49. The smallest absolute Gasteiger partial charge is 0.286 e. The molecule has 4 rings (SSSR count). The molecule has 7 heteroatoms. The van der Waals surface area contributed by atoms with Crippen LogP contribution in [0.3, 0.4) is 0 Å². The lowest BCUT2D eigenvalue weighted by Gasteiger charge is -2.13. The fourth-order valence-electron chi connectivity index (χ4n) is 2.89. The van der Waals surface area contributed by atoms with Crippen molar-refractivity contribution in [3.8, 4) is 5.69 Å². The third-order valence-corrected chi connectivity index (χ3v) is 4.45. The molecular formula is C19H14ClFN4O. The van der Waals surface area contributed by atoms with Gasteiger partial charge in [0.15, 0.2) is 11.2 Å². The normalized spacial score (nSPS) is 11.2. The lowest BCUT2D eigenvalue weighted by atomic mass is 10.1. The van der Waals surface area contributed by atoms with Crippen molar-refractivity contribution >= 4 is 22.8 Å². The fourth-order valence-corrected chi connectivity index (χ4v) is 3.01. The second-order valence-corrected chi connectivity index (χ2v) is 6.38. The van der Waals surface area contributed by atoms with Crippen LogP contribution in [-0.2, 0) is 13.5 Å². The zero-order chi connectivity index (χ0) is 18.3. The van der Waals surface area contributed by atoms with Crippen molar-refractivity contribution in [3.63, 3.8) is 0 Å². The van der Waals surface area contributed by atoms with E-state index in [9.17, 15) is 9.18 Å². The van der Waals surface area contributed by atoms with E-state index in [0.717, 1.165) is 0 Å². The molecule has 5 nitrogen and oxygen atoms in total. The van der Waals surface area contributed by atoms with Crippen LogP contribution >= 0.6 is 11.6 Å². The van der Waals surface area contributed by atoms with Crippen molar-refractivity contribution in [2.75, 3.05) is 0 Å². The second-order valence-electron chi connectivity index (χ2n) is 5.94. The van der Waals surface area contributed by atoms with E-state index in [1.54, 1.807) is 54.1 Å². The maximum Gasteiger partial charge on any atom is 0.286 e. The summed E-state index contributed by atoms with van der Waals surface area (Å²) < 4.78 is 17.3. The average molecular weight is 369 g/mol. The number of hydrogen-bond donors (Lipinski definition) is 0. The molecule has 0 aliphatic rings. The number of nitrogens with zero attached hydrogens (tertiary/aromatic N) is 4. The molecule has 0 fully saturated rings. The highest BCUT2D eigenvalue weighted by molar-refractivity contribution is 6.30. The lowest BCUT2D eigenvalue weighted by molar-refractivity contribution is 0.610. The summed E-state index contributed by atoms with van der Waals surface area (Å²) in [6.45, 7) is 0. The molecule has 2 heterocycles. The molecular weight excluding hydrogens is 355 g/mol. The van der Waals surface area contributed by atoms with Gasteiger partial charge >= 0.3 is 0 Å². The minimum Gasteiger partial charge on any atom is -0.318 e. The first-order valence-corrected chi connectivity index (χ1v) is 8.34. The van der Waals surface area contributed by atoms with Crippen LogP contribution in [0.15, 0.2) is 59.7 Å². The summed E-state index contributed by atoms with van der Waals surface area (Å²) in [4.78, 5) is 21.8. The molecule has 0 atom stereocenters. The van der Waals surface area contributed by atoms with E-state index in [1.807, 2.05) is 0 Å². The maximum absolute atomic E-state index is 14.1. The van der Waals surface area contributed by atoms with Crippen LogP contribution in [0.2, 0.25) is 5.02 Å². The summed E-state index contributed by atoms with van der Waals surface area (Å²) in [7, 11) is 1.77. The Labute approximate surface area is 153 Å². The van der Waals surface area contributed by atoms with Crippen molar-refractivity contribution in [1.29, 1.82) is 0 Å². The maximum atomic E-state index is 14.1. The minimum absolute atomic E-state index is 0.172. The van der Waals surface area contributed by atoms with Gasteiger partial charge in [-0.1, -0.05) is 29.8 Å². The van der Waals surface area contributed by atoms with E-state index in [1.165, 1.54) is 17.0 Å². The molecule has 26 heavy (non-hydrogen) atoms. The van der Waals surface area contributed by atoms with Gasteiger partial charge in [0, 0.05) is 18.5 Å². The first kappa shape index (κ1) is 16.5. The highest BCUT2D eigenvalue weighted by Crippen LogP contribution is 2.18. The second kappa shape index (κ2) is 6.38. The summed E-state index contributed by atoms with van der Waals surface area (Å²) in [5.74, 6) is 0.0908. The van der Waals surface area contributed by atoms with E-state index in [4.69, 9.17) is 11.6 Å². The SMILES string of the molecule is Cn1cnc2c(=O)n(-c3ccc(Cl)cc3)c(Cc3ccccc3F)nc21. The predicted octanol–water partition coefficient (Wildman–Crippen LogP) is 3.50. The van der Waals surface area contributed by atoms with Gasteiger partial charge in [0.2, 0.25) is 0 Å². The molecule has 0 amide bonds. The number of halogens is 2. The number of aromatic nitrogens is 4. The highest BCUT2D eigenvalue weighted by atomic mass is 35.5. The van der Waals surface area contributed by atoms with E-state index >= 15 is 0 Å². The third kappa shape index (κ3) is 2.78.